The Bertz CT molecular complexity index is 303. The Kier molecular flexibility index (Phi) is 4.18. The lowest BCUT2D eigenvalue weighted by Gasteiger charge is -2.27. The lowest BCUT2D eigenvalue weighted by molar-refractivity contribution is -0.146. The predicted octanol–water partition coefficient (Wildman–Crippen LogP) is 0.951. The van der Waals surface area contributed by atoms with Crippen molar-refractivity contribution in [3.05, 3.63) is 12.2 Å². The Labute approximate surface area is 102 Å². The first-order valence-corrected chi connectivity index (χ1v) is 6.35. The van der Waals surface area contributed by atoms with Crippen molar-refractivity contribution in [3.8, 4) is 0 Å². The van der Waals surface area contributed by atoms with E-state index in [1.54, 1.807) is 0 Å². The van der Waals surface area contributed by atoms with Crippen LogP contribution >= 0.6 is 0 Å². The number of rotatable bonds is 3. The monoisotopic (exact) mass is 239 g/mol. The fourth-order valence-corrected chi connectivity index (χ4v) is 2.82. The molecule has 1 aliphatic carbocycles. The summed E-state index contributed by atoms with van der Waals surface area (Å²) in [5.74, 6) is 0.394. The van der Waals surface area contributed by atoms with Crippen LogP contribution in [0.5, 0.6) is 0 Å². The van der Waals surface area contributed by atoms with Crippen molar-refractivity contribution in [2.75, 3.05) is 20.2 Å². The maximum Gasteiger partial charge on any atom is 0.323 e. The van der Waals surface area contributed by atoms with Gasteiger partial charge in [-0.1, -0.05) is 12.2 Å². The fourth-order valence-electron chi connectivity index (χ4n) is 2.82. The number of β-amino-alcohol motifs (C(OH)–C–C–N with tert-alkyl or cyclic N) is 1. The molecule has 3 atom stereocenters. The number of hydrogen-bond acceptors (Lipinski definition) is 4. The molecule has 1 fully saturated rings. The van der Waals surface area contributed by atoms with Crippen LogP contribution in [0.25, 0.3) is 0 Å². The smallest absolute Gasteiger partial charge is 0.323 e. The number of nitrogens with zero attached hydrogens (tertiary/aromatic N) is 1. The van der Waals surface area contributed by atoms with E-state index in [1.165, 1.54) is 13.5 Å². The summed E-state index contributed by atoms with van der Waals surface area (Å²) in [6.45, 7) is 1.49. The second kappa shape index (κ2) is 5.65. The van der Waals surface area contributed by atoms with Crippen molar-refractivity contribution in [2.45, 2.75) is 37.8 Å². The molecule has 4 nitrogen and oxygen atoms in total. The largest absolute Gasteiger partial charge is 0.468 e. The zero-order valence-corrected chi connectivity index (χ0v) is 10.3. The first-order valence-electron chi connectivity index (χ1n) is 6.35. The van der Waals surface area contributed by atoms with Gasteiger partial charge >= 0.3 is 5.97 Å². The van der Waals surface area contributed by atoms with E-state index in [1.807, 2.05) is 0 Å². The molecule has 1 N–H and O–H groups in total. The molecular formula is C13H21NO3. The topological polar surface area (TPSA) is 49.8 Å². The van der Waals surface area contributed by atoms with Crippen LogP contribution < -0.4 is 0 Å². The zero-order chi connectivity index (χ0) is 12.3. The number of esters is 1. The summed E-state index contributed by atoms with van der Waals surface area (Å²) in [5.41, 5.74) is 0. The zero-order valence-electron chi connectivity index (χ0n) is 10.3. The third kappa shape index (κ3) is 3.07. The number of ether oxygens (including phenoxy) is 1. The average molecular weight is 239 g/mol. The van der Waals surface area contributed by atoms with Gasteiger partial charge in [0.25, 0.3) is 0 Å². The Hall–Kier alpha value is -0.870. The second-order valence-electron chi connectivity index (χ2n) is 5.03. The highest BCUT2D eigenvalue weighted by Gasteiger charge is 2.37. The summed E-state index contributed by atoms with van der Waals surface area (Å²) in [6.07, 6.45) is 7.94. The summed E-state index contributed by atoms with van der Waals surface area (Å²) >= 11 is 0. The summed E-state index contributed by atoms with van der Waals surface area (Å²) in [7, 11) is 1.41. The van der Waals surface area contributed by atoms with E-state index in [9.17, 15) is 9.90 Å². The van der Waals surface area contributed by atoms with Crippen LogP contribution in [-0.2, 0) is 9.53 Å². The van der Waals surface area contributed by atoms with Crippen molar-refractivity contribution >= 4 is 5.97 Å². The Balaban J connectivity index is 1.93. The molecule has 1 aliphatic heterocycles. The number of hydrogen-bond donors (Lipinski definition) is 1. The molecule has 0 saturated carbocycles. The Morgan fingerprint density at radius 3 is 3.00 bits per heavy atom. The SMILES string of the molecule is COC(=O)[C@@H]1C[C@@H](O)CN1C[C@H]1CC=CCC1. The predicted molar refractivity (Wildman–Crippen MR) is 64.5 cm³/mol. The van der Waals surface area contributed by atoms with E-state index >= 15 is 0 Å². The Morgan fingerprint density at radius 1 is 1.53 bits per heavy atom. The van der Waals surface area contributed by atoms with Gasteiger partial charge < -0.3 is 9.84 Å². The highest BCUT2D eigenvalue weighted by atomic mass is 16.5. The molecular weight excluding hydrogens is 218 g/mol. The minimum atomic E-state index is -0.391. The van der Waals surface area contributed by atoms with Gasteiger partial charge in [-0.15, -0.1) is 0 Å². The third-order valence-corrected chi connectivity index (χ3v) is 3.72. The molecule has 0 aromatic carbocycles. The quantitative estimate of drug-likeness (QED) is 0.588. The molecule has 1 heterocycles. The highest BCUT2D eigenvalue weighted by Crippen LogP contribution is 2.25. The second-order valence-corrected chi connectivity index (χ2v) is 5.03. The molecule has 0 aromatic rings. The number of likely N-dealkylation sites (tertiary alicyclic amines) is 1. The summed E-state index contributed by atoms with van der Waals surface area (Å²) in [6, 6.07) is -0.249. The maximum absolute atomic E-state index is 11.6. The van der Waals surface area contributed by atoms with E-state index in [2.05, 4.69) is 17.1 Å². The molecule has 0 radical (unpaired) electrons. The van der Waals surface area contributed by atoms with Crippen LogP contribution in [0.1, 0.15) is 25.7 Å². The fraction of sp³-hybridized carbons (Fsp3) is 0.769. The molecule has 17 heavy (non-hydrogen) atoms. The summed E-state index contributed by atoms with van der Waals surface area (Å²) in [4.78, 5) is 13.7. The minimum absolute atomic E-state index is 0.215. The highest BCUT2D eigenvalue weighted by molar-refractivity contribution is 5.76. The van der Waals surface area contributed by atoms with E-state index in [0.717, 1.165) is 19.4 Å². The standard InChI is InChI=1S/C13H21NO3/c1-17-13(16)12-7-11(15)9-14(12)8-10-5-3-2-4-6-10/h2-3,10-12,15H,4-9H2,1H3/t10-,11+,12-/m0/s1. The van der Waals surface area contributed by atoms with Crippen LogP contribution in [0.4, 0.5) is 0 Å². The van der Waals surface area contributed by atoms with Gasteiger partial charge in [0, 0.05) is 19.5 Å². The number of aliphatic hydroxyl groups excluding tert-OH is 1. The molecule has 0 spiro atoms. The van der Waals surface area contributed by atoms with Gasteiger partial charge in [-0.2, -0.15) is 0 Å². The number of methoxy groups -OCH3 is 1. The summed E-state index contributed by atoms with van der Waals surface area (Å²) in [5, 5.41) is 9.68. The Morgan fingerprint density at radius 2 is 2.35 bits per heavy atom. The number of allylic oxidation sites excluding steroid dienone is 2. The molecule has 4 heteroatoms. The molecule has 2 aliphatic rings. The van der Waals surface area contributed by atoms with E-state index in [-0.39, 0.29) is 12.0 Å². The van der Waals surface area contributed by atoms with Crippen molar-refractivity contribution in [3.63, 3.8) is 0 Å². The van der Waals surface area contributed by atoms with Crippen LogP contribution in [0.2, 0.25) is 0 Å². The van der Waals surface area contributed by atoms with Crippen molar-refractivity contribution < 1.29 is 14.6 Å². The van der Waals surface area contributed by atoms with Gasteiger partial charge in [0.1, 0.15) is 6.04 Å². The summed E-state index contributed by atoms with van der Waals surface area (Å²) < 4.78 is 4.80. The molecule has 0 bridgehead atoms. The number of carbonyl (C=O) groups excluding carboxylic acids is 1. The number of aliphatic hydroxyl groups is 1. The van der Waals surface area contributed by atoms with Gasteiger partial charge in [-0.25, -0.2) is 0 Å². The van der Waals surface area contributed by atoms with Crippen LogP contribution in [-0.4, -0.2) is 48.3 Å². The first-order chi connectivity index (χ1) is 8.20. The van der Waals surface area contributed by atoms with Gasteiger partial charge in [0.2, 0.25) is 0 Å². The average Bonchev–Trinajstić information content (AvgIpc) is 2.70. The van der Waals surface area contributed by atoms with Crippen LogP contribution in [0.15, 0.2) is 12.2 Å². The van der Waals surface area contributed by atoms with Crippen molar-refractivity contribution in [2.24, 2.45) is 5.92 Å². The van der Waals surface area contributed by atoms with E-state index in [0.29, 0.717) is 18.9 Å². The van der Waals surface area contributed by atoms with Crippen molar-refractivity contribution in [1.82, 2.24) is 4.90 Å². The number of carbonyl (C=O) groups is 1. The molecule has 96 valence electrons. The van der Waals surface area contributed by atoms with Gasteiger partial charge in [-0.3, -0.25) is 9.69 Å². The van der Waals surface area contributed by atoms with Crippen LogP contribution in [0.3, 0.4) is 0 Å². The lowest BCUT2D eigenvalue weighted by atomic mass is 9.94. The van der Waals surface area contributed by atoms with Gasteiger partial charge in [0.15, 0.2) is 0 Å². The first kappa shape index (κ1) is 12.6. The maximum atomic E-state index is 11.6. The van der Waals surface area contributed by atoms with E-state index in [4.69, 9.17) is 4.74 Å². The van der Waals surface area contributed by atoms with Crippen molar-refractivity contribution in [1.29, 1.82) is 0 Å². The van der Waals surface area contributed by atoms with Gasteiger partial charge in [0.05, 0.1) is 13.2 Å². The lowest BCUT2D eigenvalue weighted by Crippen LogP contribution is -2.40. The molecule has 0 amide bonds. The molecule has 0 unspecified atom stereocenters. The molecule has 0 aromatic heterocycles. The molecule has 2 rings (SSSR count). The van der Waals surface area contributed by atoms with E-state index < -0.39 is 6.10 Å². The minimum Gasteiger partial charge on any atom is -0.468 e. The van der Waals surface area contributed by atoms with Crippen LogP contribution in [0, 0.1) is 5.92 Å². The van der Waals surface area contributed by atoms with Gasteiger partial charge in [-0.05, 0) is 25.2 Å². The molecule has 1 saturated heterocycles. The third-order valence-electron chi connectivity index (χ3n) is 3.72. The normalized spacial score (nSPS) is 33.9.